The molecule has 1 atom stereocenters. The van der Waals surface area contributed by atoms with Crippen molar-refractivity contribution in [1.82, 2.24) is 5.32 Å². The van der Waals surface area contributed by atoms with Gasteiger partial charge in [0, 0.05) is 13.0 Å². The lowest BCUT2D eigenvalue weighted by Crippen LogP contribution is -2.42. The van der Waals surface area contributed by atoms with Crippen molar-refractivity contribution >= 4 is 5.91 Å². The zero-order valence-corrected chi connectivity index (χ0v) is 5.52. The van der Waals surface area contributed by atoms with Crippen LogP contribution < -0.4 is 5.32 Å². The van der Waals surface area contributed by atoms with E-state index in [4.69, 9.17) is 4.74 Å². The Labute approximate surface area is 54.4 Å². The summed E-state index contributed by atoms with van der Waals surface area (Å²) in [5.41, 5.74) is 0. The van der Waals surface area contributed by atoms with E-state index in [-0.39, 0.29) is 12.0 Å². The lowest BCUT2D eigenvalue weighted by Gasteiger charge is -2.24. The van der Waals surface area contributed by atoms with Crippen molar-refractivity contribution in [3.05, 3.63) is 0 Å². The molecule has 1 heterocycles. The maximum atomic E-state index is 10.8. The van der Waals surface area contributed by atoms with Gasteiger partial charge in [0.1, 0.15) is 6.10 Å². The van der Waals surface area contributed by atoms with Crippen LogP contribution in [0.25, 0.3) is 0 Å². The zero-order valence-electron chi connectivity index (χ0n) is 5.52. The van der Waals surface area contributed by atoms with E-state index >= 15 is 0 Å². The van der Waals surface area contributed by atoms with Crippen LogP contribution in [0.1, 0.15) is 13.3 Å². The number of hydrogen-bond acceptors (Lipinski definition) is 2. The molecule has 0 radical (unpaired) electrons. The summed E-state index contributed by atoms with van der Waals surface area (Å²) in [6.45, 7) is 3.33. The number of amides is 1. The minimum atomic E-state index is -0.148. The van der Waals surface area contributed by atoms with E-state index in [0.29, 0.717) is 6.54 Å². The van der Waals surface area contributed by atoms with Crippen molar-refractivity contribution in [3.8, 4) is 0 Å². The summed E-state index contributed by atoms with van der Waals surface area (Å²) in [6.07, 6.45) is 0.733. The Morgan fingerprint density at radius 3 is 2.89 bits per heavy atom. The van der Waals surface area contributed by atoms with Gasteiger partial charge in [0.25, 0.3) is 0 Å². The molecule has 3 heteroatoms. The Morgan fingerprint density at radius 1 is 1.89 bits per heavy atom. The minimum Gasteiger partial charge on any atom is -0.368 e. The summed E-state index contributed by atoms with van der Waals surface area (Å²) in [7, 11) is 0. The van der Waals surface area contributed by atoms with Crippen LogP contribution >= 0.6 is 0 Å². The fourth-order valence-corrected chi connectivity index (χ4v) is 0.731. The van der Waals surface area contributed by atoms with Crippen LogP contribution in [0.5, 0.6) is 0 Å². The molecular weight excluding hydrogens is 118 g/mol. The van der Waals surface area contributed by atoms with E-state index in [1.54, 1.807) is 0 Å². The maximum absolute atomic E-state index is 10.8. The third-order valence-electron chi connectivity index (χ3n) is 1.34. The molecule has 1 aliphatic heterocycles. The number of rotatable bonds is 2. The predicted molar refractivity (Wildman–Crippen MR) is 33.0 cm³/mol. The van der Waals surface area contributed by atoms with E-state index in [9.17, 15) is 4.79 Å². The Morgan fingerprint density at radius 2 is 2.56 bits per heavy atom. The molecule has 1 fully saturated rings. The van der Waals surface area contributed by atoms with Crippen LogP contribution in [-0.2, 0) is 9.53 Å². The summed E-state index contributed by atoms with van der Waals surface area (Å²) >= 11 is 0. The normalized spacial score (nSPS) is 24.8. The van der Waals surface area contributed by atoms with Crippen LogP contribution in [-0.4, -0.2) is 25.2 Å². The molecule has 1 aliphatic rings. The highest BCUT2D eigenvalue weighted by molar-refractivity contribution is 5.81. The molecule has 1 amide bonds. The monoisotopic (exact) mass is 129 g/mol. The fraction of sp³-hybridized carbons (Fsp3) is 0.833. The average Bonchev–Trinajstić information content (AvgIpc) is 1.60. The van der Waals surface area contributed by atoms with E-state index in [2.05, 4.69) is 5.32 Å². The molecule has 9 heavy (non-hydrogen) atoms. The second-order valence-corrected chi connectivity index (χ2v) is 2.04. The largest absolute Gasteiger partial charge is 0.368 e. The molecule has 0 aliphatic carbocycles. The molecule has 1 N–H and O–H groups in total. The van der Waals surface area contributed by atoms with Crippen molar-refractivity contribution in [3.63, 3.8) is 0 Å². The van der Waals surface area contributed by atoms with Crippen LogP contribution in [0.2, 0.25) is 0 Å². The molecule has 0 spiro atoms. The molecule has 0 bridgehead atoms. The number of carbonyl (C=O) groups is 1. The van der Waals surface area contributed by atoms with Gasteiger partial charge in [-0.15, -0.1) is 0 Å². The second kappa shape index (κ2) is 2.82. The Balaban J connectivity index is 2.16. The highest BCUT2D eigenvalue weighted by atomic mass is 16.5. The first-order chi connectivity index (χ1) is 4.34. The van der Waals surface area contributed by atoms with E-state index in [0.717, 1.165) is 13.0 Å². The molecule has 3 nitrogen and oxygen atoms in total. The molecule has 52 valence electrons. The number of nitrogens with one attached hydrogen (secondary N) is 1. The van der Waals surface area contributed by atoms with Crippen LogP contribution in [0.3, 0.4) is 0 Å². The first kappa shape index (κ1) is 6.55. The molecular formula is C6H11NO2. The molecule has 1 unspecified atom stereocenters. The van der Waals surface area contributed by atoms with Crippen LogP contribution in [0.4, 0.5) is 0 Å². The Bertz CT molecular complexity index is 110. The summed E-state index contributed by atoms with van der Waals surface area (Å²) in [4.78, 5) is 10.8. The van der Waals surface area contributed by atoms with Crippen molar-refractivity contribution in [1.29, 1.82) is 0 Å². The molecule has 0 aromatic rings. The smallest absolute Gasteiger partial charge is 0.249 e. The highest BCUT2D eigenvalue weighted by Gasteiger charge is 2.25. The van der Waals surface area contributed by atoms with Gasteiger partial charge in [-0.1, -0.05) is 0 Å². The molecule has 1 saturated heterocycles. The van der Waals surface area contributed by atoms with Gasteiger partial charge in [0.05, 0.1) is 6.61 Å². The number of likely N-dealkylation sites (N-methyl/N-ethyl adjacent to an activating group) is 1. The van der Waals surface area contributed by atoms with E-state index in [1.807, 2.05) is 6.92 Å². The fourth-order valence-electron chi connectivity index (χ4n) is 0.731. The Hall–Kier alpha value is -0.570. The lowest BCUT2D eigenvalue weighted by molar-refractivity contribution is -0.144. The lowest BCUT2D eigenvalue weighted by atomic mass is 10.2. The first-order valence-corrected chi connectivity index (χ1v) is 3.24. The SMILES string of the molecule is CCNC(=O)C1CCO1. The average molecular weight is 129 g/mol. The van der Waals surface area contributed by atoms with Gasteiger partial charge in [0.15, 0.2) is 0 Å². The first-order valence-electron chi connectivity index (χ1n) is 3.24. The number of carbonyl (C=O) groups excluding carboxylic acids is 1. The molecule has 1 rings (SSSR count). The van der Waals surface area contributed by atoms with E-state index < -0.39 is 0 Å². The number of ether oxygens (including phenoxy) is 1. The van der Waals surface area contributed by atoms with Gasteiger partial charge >= 0.3 is 0 Å². The van der Waals surface area contributed by atoms with Crippen molar-refractivity contribution in [2.45, 2.75) is 19.4 Å². The van der Waals surface area contributed by atoms with Gasteiger partial charge in [-0.25, -0.2) is 0 Å². The maximum Gasteiger partial charge on any atom is 0.249 e. The molecule has 0 aromatic heterocycles. The van der Waals surface area contributed by atoms with Crippen molar-refractivity contribution in [2.75, 3.05) is 13.2 Å². The minimum absolute atomic E-state index is 0.0313. The molecule has 0 saturated carbocycles. The van der Waals surface area contributed by atoms with Crippen LogP contribution in [0.15, 0.2) is 0 Å². The summed E-state index contributed by atoms with van der Waals surface area (Å²) in [5, 5.41) is 2.68. The topological polar surface area (TPSA) is 38.3 Å². The quantitative estimate of drug-likeness (QED) is 0.566. The second-order valence-electron chi connectivity index (χ2n) is 2.04. The third kappa shape index (κ3) is 1.42. The van der Waals surface area contributed by atoms with Crippen molar-refractivity contribution < 1.29 is 9.53 Å². The van der Waals surface area contributed by atoms with Gasteiger partial charge < -0.3 is 10.1 Å². The third-order valence-corrected chi connectivity index (χ3v) is 1.34. The number of hydrogen-bond donors (Lipinski definition) is 1. The zero-order chi connectivity index (χ0) is 6.69. The van der Waals surface area contributed by atoms with Gasteiger partial charge in [0.2, 0.25) is 5.91 Å². The predicted octanol–water partition coefficient (Wildman–Crippen LogP) is -0.0886. The van der Waals surface area contributed by atoms with Gasteiger partial charge in [-0.05, 0) is 6.92 Å². The highest BCUT2D eigenvalue weighted by Crippen LogP contribution is 2.09. The standard InChI is InChI=1S/C6H11NO2/c1-2-7-6(8)5-3-4-9-5/h5H,2-4H2,1H3,(H,7,8). The Kier molecular flexibility index (Phi) is 2.05. The molecule has 0 aromatic carbocycles. The van der Waals surface area contributed by atoms with Gasteiger partial charge in [-0.2, -0.15) is 0 Å². The van der Waals surface area contributed by atoms with E-state index in [1.165, 1.54) is 0 Å². The summed E-state index contributed by atoms with van der Waals surface area (Å²) in [5.74, 6) is 0.0313. The van der Waals surface area contributed by atoms with Crippen molar-refractivity contribution in [2.24, 2.45) is 0 Å². The summed E-state index contributed by atoms with van der Waals surface area (Å²) in [6, 6.07) is 0. The van der Waals surface area contributed by atoms with Crippen LogP contribution in [0, 0.1) is 0 Å². The van der Waals surface area contributed by atoms with Gasteiger partial charge in [-0.3, -0.25) is 4.79 Å². The summed E-state index contributed by atoms with van der Waals surface area (Å²) < 4.78 is 4.93.